The minimum atomic E-state index is -0.739. The number of benzene rings is 1. The van der Waals surface area contributed by atoms with Gasteiger partial charge >= 0.3 is 0 Å². The lowest BCUT2D eigenvalue weighted by atomic mass is 10.1. The van der Waals surface area contributed by atoms with Crippen LogP contribution in [0.5, 0.6) is 0 Å². The predicted molar refractivity (Wildman–Crippen MR) is 119 cm³/mol. The Morgan fingerprint density at radius 2 is 2.06 bits per heavy atom. The summed E-state index contributed by atoms with van der Waals surface area (Å²) in [5.41, 5.74) is 2.94. The maximum absolute atomic E-state index is 13.0. The van der Waals surface area contributed by atoms with Crippen molar-refractivity contribution < 1.29 is 14.3 Å². The van der Waals surface area contributed by atoms with E-state index in [2.05, 4.69) is 15.4 Å². The minimum Gasteiger partial charge on any atom is -0.365 e. The number of nitrogens with zero attached hydrogens (tertiary/aromatic N) is 5. The third-order valence-electron chi connectivity index (χ3n) is 5.69. The highest BCUT2D eigenvalue weighted by Gasteiger charge is 2.31. The number of carbonyl (C=O) groups excluding carboxylic acids is 2. The lowest BCUT2D eigenvalue weighted by Crippen LogP contribution is -2.50. The second kappa shape index (κ2) is 9.35. The number of anilines is 1. The molecule has 0 saturated carbocycles. The first-order chi connectivity index (χ1) is 15.5. The molecule has 32 heavy (non-hydrogen) atoms. The van der Waals surface area contributed by atoms with Crippen molar-refractivity contribution in [3.63, 3.8) is 0 Å². The van der Waals surface area contributed by atoms with E-state index in [1.807, 2.05) is 55.8 Å². The van der Waals surface area contributed by atoms with Gasteiger partial charge in [-0.1, -0.05) is 18.2 Å². The maximum atomic E-state index is 13.0. The average Bonchev–Trinajstić information content (AvgIpc) is 3.39. The van der Waals surface area contributed by atoms with Crippen LogP contribution in [0.2, 0.25) is 0 Å². The molecule has 168 valence electrons. The summed E-state index contributed by atoms with van der Waals surface area (Å²) >= 11 is 0. The highest BCUT2D eigenvalue weighted by atomic mass is 16.5. The third kappa shape index (κ3) is 4.57. The number of aryl methyl sites for hydroxylation is 3. The van der Waals surface area contributed by atoms with Gasteiger partial charge in [0.25, 0.3) is 11.8 Å². The van der Waals surface area contributed by atoms with Crippen LogP contribution in [0.1, 0.15) is 34.4 Å². The van der Waals surface area contributed by atoms with Crippen molar-refractivity contribution in [3.05, 3.63) is 65.5 Å². The highest BCUT2D eigenvalue weighted by molar-refractivity contribution is 5.97. The van der Waals surface area contributed by atoms with Crippen molar-refractivity contribution in [3.8, 4) is 0 Å². The molecule has 3 aromatic rings. The van der Waals surface area contributed by atoms with Crippen LogP contribution in [0.25, 0.3) is 0 Å². The number of aromatic nitrogens is 4. The molecule has 1 fully saturated rings. The largest absolute Gasteiger partial charge is 0.365 e. The van der Waals surface area contributed by atoms with Crippen LogP contribution in [-0.4, -0.2) is 61.8 Å². The molecule has 2 aromatic heterocycles. The zero-order chi connectivity index (χ0) is 22.7. The first kappa shape index (κ1) is 21.8. The van der Waals surface area contributed by atoms with Gasteiger partial charge in [0, 0.05) is 37.4 Å². The predicted octanol–water partition coefficient (Wildman–Crippen LogP) is 2.24. The van der Waals surface area contributed by atoms with E-state index < -0.39 is 6.10 Å². The standard InChI is InChI=1S/C23H28N6O3/c1-4-29-14-19(16(2)26-29)23(31)28-11-12-32-21(15-28)22(30)25-20-8-6-5-7-18(20)13-27-10-9-24-17(27)3/h5-10,14,21H,4,11-13,15H2,1-3H3,(H,25,30). The van der Waals surface area contributed by atoms with Gasteiger partial charge in [0.05, 0.1) is 31.0 Å². The molecule has 1 N–H and O–H groups in total. The second-order valence-corrected chi connectivity index (χ2v) is 7.84. The normalized spacial score (nSPS) is 16.2. The highest BCUT2D eigenvalue weighted by Crippen LogP contribution is 2.19. The molecule has 2 amide bonds. The van der Waals surface area contributed by atoms with Gasteiger partial charge in [0.1, 0.15) is 5.82 Å². The van der Waals surface area contributed by atoms with Crippen LogP contribution in [0.4, 0.5) is 5.69 Å². The van der Waals surface area contributed by atoms with Gasteiger partial charge < -0.3 is 19.5 Å². The Balaban J connectivity index is 1.44. The molecule has 0 aliphatic carbocycles. The number of hydrogen-bond donors (Lipinski definition) is 1. The summed E-state index contributed by atoms with van der Waals surface area (Å²) in [5.74, 6) is 0.509. The van der Waals surface area contributed by atoms with Crippen molar-refractivity contribution >= 4 is 17.5 Å². The Hall–Kier alpha value is -3.46. The number of nitrogens with one attached hydrogen (secondary N) is 1. The number of rotatable bonds is 6. The van der Waals surface area contributed by atoms with Gasteiger partial charge in [-0.05, 0) is 32.4 Å². The number of para-hydroxylation sites is 1. The van der Waals surface area contributed by atoms with E-state index in [1.54, 1.807) is 22.0 Å². The Kier molecular flexibility index (Phi) is 6.36. The first-order valence-corrected chi connectivity index (χ1v) is 10.8. The number of hydrogen-bond acceptors (Lipinski definition) is 5. The SMILES string of the molecule is CCn1cc(C(=O)N2CCOC(C(=O)Nc3ccccc3Cn3ccnc3C)C2)c(C)n1. The van der Waals surface area contributed by atoms with Crippen LogP contribution in [0.3, 0.4) is 0 Å². The van der Waals surface area contributed by atoms with Gasteiger partial charge in [-0.3, -0.25) is 14.3 Å². The topological polar surface area (TPSA) is 94.3 Å². The van der Waals surface area contributed by atoms with E-state index in [0.29, 0.717) is 37.5 Å². The molecule has 9 nitrogen and oxygen atoms in total. The quantitative estimate of drug-likeness (QED) is 0.640. The molecule has 1 aliphatic heterocycles. The lowest BCUT2D eigenvalue weighted by molar-refractivity contribution is -0.131. The van der Waals surface area contributed by atoms with Gasteiger partial charge in [-0.15, -0.1) is 0 Å². The molecule has 1 saturated heterocycles. The van der Waals surface area contributed by atoms with E-state index in [4.69, 9.17) is 4.74 Å². The van der Waals surface area contributed by atoms with E-state index in [9.17, 15) is 9.59 Å². The summed E-state index contributed by atoms with van der Waals surface area (Å²) in [6.45, 7) is 7.97. The van der Waals surface area contributed by atoms with Crippen molar-refractivity contribution in [2.24, 2.45) is 0 Å². The van der Waals surface area contributed by atoms with Gasteiger partial charge in [-0.25, -0.2) is 4.98 Å². The maximum Gasteiger partial charge on any atom is 0.257 e. The number of amides is 2. The molecule has 0 spiro atoms. The van der Waals surface area contributed by atoms with Crippen LogP contribution in [-0.2, 0) is 22.6 Å². The molecule has 1 aromatic carbocycles. The molecule has 0 bridgehead atoms. The molecular formula is C23H28N6O3. The van der Waals surface area contributed by atoms with Crippen molar-refractivity contribution in [2.45, 2.75) is 40.0 Å². The Labute approximate surface area is 187 Å². The van der Waals surface area contributed by atoms with Crippen LogP contribution in [0.15, 0.2) is 42.9 Å². The smallest absolute Gasteiger partial charge is 0.257 e. The number of morpholine rings is 1. The zero-order valence-electron chi connectivity index (χ0n) is 18.6. The zero-order valence-corrected chi connectivity index (χ0v) is 18.6. The van der Waals surface area contributed by atoms with E-state index in [0.717, 1.165) is 17.1 Å². The van der Waals surface area contributed by atoms with Crippen LogP contribution >= 0.6 is 0 Å². The molecule has 1 atom stereocenters. The number of carbonyl (C=O) groups is 2. The molecule has 0 radical (unpaired) electrons. The fourth-order valence-electron chi connectivity index (χ4n) is 3.80. The van der Waals surface area contributed by atoms with Gasteiger partial charge in [0.15, 0.2) is 6.10 Å². The fourth-order valence-corrected chi connectivity index (χ4v) is 3.80. The Bertz CT molecular complexity index is 1120. The van der Waals surface area contributed by atoms with Crippen LogP contribution < -0.4 is 5.32 Å². The molecular weight excluding hydrogens is 408 g/mol. The average molecular weight is 437 g/mol. The Morgan fingerprint density at radius 1 is 1.25 bits per heavy atom. The van der Waals surface area contributed by atoms with Crippen molar-refractivity contribution in [2.75, 3.05) is 25.0 Å². The van der Waals surface area contributed by atoms with Crippen LogP contribution in [0, 0.1) is 13.8 Å². The van der Waals surface area contributed by atoms with E-state index >= 15 is 0 Å². The second-order valence-electron chi connectivity index (χ2n) is 7.84. The monoisotopic (exact) mass is 436 g/mol. The summed E-state index contributed by atoms with van der Waals surface area (Å²) in [5, 5.41) is 7.34. The molecule has 9 heteroatoms. The number of ether oxygens (including phenoxy) is 1. The van der Waals surface area contributed by atoms with E-state index in [-0.39, 0.29) is 18.4 Å². The van der Waals surface area contributed by atoms with Gasteiger partial charge in [0.2, 0.25) is 0 Å². The molecule has 1 unspecified atom stereocenters. The Morgan fingerprint density at radius 3 is 2.78 bits per heavy atom. The third-order valence-corrected chi connectivity index (χ3v) is 5.69. The first-order valence-electron chi connectivity index (χ1n) is 10.8. The van der Waals surface area contributed by atoms with E-state index in [1.165, 1.54) is 0 Å². The lowest BCUT2D eigenvalue weighted by Gasteiger charge is -2.32. The fraction of sp³-hybridized carbons (Fsp3) is 0.391. The molecule has 3 heterocycles. The summed E-state index contributed by atoms with van der Waals surface area (Å²) < 4.78 is 9.47. The summed E-state index contributed by atoms with van der Waals surface area (Å²) in [6, 6.07) is 7.66. The summed E-state index contributed by atoms with van der Waals surface area (Å²) in [7, 11) is 0. The minimum absolute atomic E-state index is 0.126. The summed E-state index contributed by atoms with van der Waals surface area (Å²) in [6.07, 6.45) is 4.68. The van der Waals surface area contributed by atoms with Crippen molar-refractivity contribution in [1.29, 1.82) is 0 Å². The van der Waals surface area contributed by atoms with Crippen molar-refractivity contribution in [1.82, 2.24) is 24.2 Å². The van der Waals surface area contributed by atoms with Gasteiger partial charge in [-0.2, -0.15) is 5.10 Å². The number of imidazole rings is 1. The molecule has 4 rings (SSSR count). The molecule has 1 aliphatic rings. The summed E-state index contributed by atoms with van der Waals surface area (Å²) in [4.78, 5) is 31.9.